The van der Waals surface area contributed by atoms with Crippen LogP contribution in [0.15, 0.2) is 0 Å². The lowest BCUT2D eigenvalue weighted by Gasteiger charge is -2.28. The van der Waals surface area contributed by atoms with Crippen LogP contribution in [0.4, 0.5) is 0 Å². The lowest BCUT2D eigenvalue weighted by Crippen LogP contribution is -2.51. The van der Waals surface area contributed by atoms with Crippen LogP contribution in [0.25, 0.3) is 0 Å². The van der Waals surface area contributed by atoms with Gasteiger partial charge in [-0.3, -0.25) is 0 Å². The van der Waals surface area contributed by atoms with Gasteiger partial charge in [-0.25, -0.2) is 0 Å². The van der Waals surface area contributed by atoms with Crippen molar-refractivity contribution in [3.8, 4) is 12.3 Å². The maximum Gasteiger partial charge on any atom is 0.167 e. The summed E-state index contributed by atoms with van der Waals surface area (Å²) >= 11 is 5.20. The molecule has 78 valence electrons. The minimum atomic E-state index is -0.265. The maximum absolute atomic E-state index is 5.52. The minimum Gasteiger partial charge on any atom is -0.360 e. The average molecular weight is 210 g/mol. The van der Waals surface area contributed by atoms with Gasteiger partial charge in [-0.05, 0) is 37.9 Å². The van der Waals surface area contributed by atoms with Crippen molar-refractivity contribution < 1.29 is 0 Å². The van der Waals surface area contributed by atoms with Gasteiger partial charge in [0, 0.05) is 6.04 Å². The Kier molecular flexibility index (Phi) is 3.77. The van der Waals surface area contributed by atoms with Crippen molar-refractivity contribution >= 4 is 17.3 Å². The van der Waals surface area contributed by atoms with Crippen molar-refractivity contribution in [2.45, 2.75) is 51.1 Å². The Morgan fingerprint density at radius 3 is 2.43 bits per heavy atom. The van der Waals surface area contributed by atoms with Crippen LogP contribution in [-0.4, -0.2) is 16.7 Å². The van der Waals surface area contributed by atoms with Crippen LogP contribution < -0.4 is 10.6 Å². The zero-order chi connectivity index (χ0) is 10.6. The number of thiocarbonyl (C=S) groups is 1. The summed E-state index contributed by atoms with van der Waals surface area (Å²) in [6.07, 6.45) is 9.76. The van der Waals surface area contributed by atoms with Crippen LogP contribution in [0, 0.1) is 12.3 Å². The maximum atomic E-state index is 5.52. The van der Waals surface area contributed by atoms with E-state index in [1.807, 2.05) is 0 Å². The Bertz CT molecular complexity index is 247. The molecule has 0 saturated heterocycles. The third kappa shape index (κ3) is 2.88. The number of nitrogens with one attached hydrogen (secondary N) is 2. The smallest absolute Gasteiger partial charge is 0.167 e. The SMILES string of the molecule is C#CC(CC)(CC)NC(=S)NC1CC1. The number of hydrogen-bond acceptors (Lipinski definition) is 1. The zero-order valence-electron chi connectivity index (χ0n) is 8.89. The van der Waals surface area contributed by atoms with Gasteiger partial charge >= 0.3 is 0 Å². The summed E-state index contributed by atoms with van der Waals surface area (Å²) in [5.74, 6) is 2.80. The fourth-order valence-electron chi connectivity index (χ4n) is 1.33. The third-order valence-electron chi connectivity index (χ3n) is 2.75. The van der Waals surface area contributed by atoms with Gasteiger partial charge in [0.15, 0.2) is 5.11 Å². The van der Waals surface area contributed by atoms with E-state index in [2.05, 4.69) is 30.4 Å². The van der Waals surface area contributed by atoms with Gasteiger partial charge < -0.3 is 10.6 Å². The first-order valence-electron chi connectivity index (χ1n) is 5.22. The molecule has 0 aliphatic heterocycles. The highest BCUT2D eigenvalue weighted by Crippen LogP contribution is 2.19. The van der Waals surface area contributed by atoms with E-state index in [0.717, 1.165) is 12.8 Å². The van der Waals surface area contributed by atoms with Crippen LogP contribution in [0.2, 0.25) is 0 Å². The summed E-state index contributed by atoms with van der Waals surface area (Å²) in [5.41, 5.74) is -0.265. The molecule has 0 atom stereocenters. The van der Waals surface area contributed by atoms with Crippen molar-refractivity contribution in [2.24, 2.45) is 0 Å². The predicted molar refractivity (Wildman–Crippen MR) is 64.0 cm³/mol. The van der Waals surface area contributed by atoms with Crippen LogP contribution in [-0.2, 0) is 0 Å². The van der Waals surface area contributed by atoms with Gasteiger partial charge in [-0.1, -0.05) is 19.8 Å². The molecule has 1 aliphatic carbocycles. The molecule has 0 radical (unpaired) electrons. The summed E-state index contributed by atoms with van der Waals surface area (Å²) in [6, 6.07) is 0.583. The minimum absolute atomic E-state index is 0.265. The Hall–Kier alpha value is -0.750. The second-order valence-electron chi connectivity index (χ2n) is 3.81. The first-order valence-corrected chi connectivity index (χ1v) is 5.63. The molecule has 0 aromatic heterocycles. The van der Waals surface area contributed by atoms with Crippen LogP contribution >= 0.6 is 12.2 Å². The van der Waals surface area contributed by atoms with E-state index in [1.54, 1.807) is 0 Å². The molecule has 1 saturated carbocycles. The van der Waals surface area contributed by atoms with E-state index in [1.165, 1.54) is 12.8 Å². The summed E-state index contributed by atoms with van der Waals surface area (Å²) in [6.45, 7) is 4.16. The van der Waals surface area contributed by atoms with Gasteiger partial charge in [-0.15, -0.1) is 6.42 Å². The average Bonchev–Trinajstić information content (AvgIpc) is 2.98. The summed E-state index contributed by atoms with van der Waals surface area (Å²) in [4.78, 5) is 0. The first kappa shape index (κ1) is 11.3. The van der Waals surface area contributed by atoms with E-state index in [-0.39, 0.29) is 5.54 Å². The molecule has 0 unspecified atom stereocenters. The van der Waals surface area contributed by atoms with E-state index in [4.69, 9.17) is 18.6 Å². The van der Waals surface area contributed by atoms with E-state index < -0.39 is 0 Å². The number of terminal acetylenes is 1. The lowest BCUT2D eigenvalue weighted by molar-refractivity contribution is 0.456. The van der Waals surface area contributed by atoms with Gasteiger partial charge in [-0.2, -0.15) is 0 Å². The Morgan fingerprint density at radius 2 is 2.07 bits per heavy atom. The molecule has 3 heteroatoms. The topological polar surface area (TPSA) is 24.1 Å². The Morgan fingerprint density at radius 1 is 1.50 bits per heavy atom. The number of hydrogen-bond donors (Lipinski definition) is 2. The van der Waals surface area contributed by atoms with Gasteiger partial charge in [0.05, 0.1) is 5.54 Å². The third-order valence-corrected chi connectivity index (χ3v) is 2.97. The molecular formula is C11H18N2S. The molecule has 2 N–H and O–H groups in total. The molecule has 0 heterocycles. The molecule has 1 fully saturated rings. The molecule has 2 nitrogen and oxygen atoms in total. The highest BCUT2D eigenvalue weighted by Gasteiger charge is 2.27. The van der Waals surface area contributed by atoms with E-state index >= 15 is 0 Å². The van der Waals surface area contributed by atoms with Crippen molar-refractivity contribution in [1.82, 2.24) is 10.6 Å². The second kappa shape index (κ2) is 4.65. The Labute approximate surface area is 91.8 Å². The summed E-state index contributed by atoms with van der Waals surface area (Å²) in [7, 11) is 0. The molecule has 1 rings (SSSR count). The monoisotopic (exact) mass is 210 g/mol. The fraction of sp³-hybridized carbons (Fsp3) is 0.727. The van der Waals surface area contributed by atoms with Crippen LogP contribution in [0.5, 0.6) is 0 Å². The van der Waals surface area contributed by atoms with Crippen LogP contribution in [0.3, 0.4) is 0 Å². The summed E-state index contributed by atoms with van der Waals surface area (Å²) < 4.78 is 0. The number of rotatable bonds is 4. The molecule has 0 aromatic carbocycles. The van der Waals surface area contributed by atoms with Gasteiger partial charge in [0.25, 0.3) is 0 Å². The normalized spacial score (nSPS) is 15.8. The fourth-order valence-corrected chi connectivity index (χ4v) is 1.70. The molecule has 0 bridgehead atoms. The van der Waals surface area contributed by atoms with Crippen molar-refractivity contribution in [1.29, 1.82) is 0 Å². The van der Waals surface area contributed by atoms with E-state index in [9.17, 15) is 0 Å². The van der Waals surface area contributed by atoms with Crippen molar-refractivity contribution in [3.05, 3.63) is 0 Å². The van der Waals surface area contributed by atoms with E-state index in [0.29, 0.717) is 11.2 Å². The predicted octanol–water partition coefficient (Wildman–Crippen LogP) is 1.80. The molecular weight excluding hydrogens is 192 g/mol. The summed E-state index contributed by atoms with van der Waals surface area (Å²) in [5, 5.41) is 7.17. The Balaban J connectivity index is 2.45. The second-order valence-corrected chi connectivity index (χ2v) is 4.21. The highest BCUT2D eigenvalue weighted by molar-refractivity contribution is 7.80. The molecule has 1 aliphatic rings. The van der Waals surface area contributed by atoms with Gasteiger partial charge in [0.2, 0.25) is 0 Å². The largest absolute Gasteiger partial charge is 0.360 e. The molecule has 0 aromatic rings. The molecule has 0 spiro atoms. The standard InChI is InChI=1S/C11H18N2S/c1-4-11(5-2,6-3)13-10(14)12-9-7-8-9/h1,9H,5-8H2,2-3H3,(H2,12,13,14). The van der Waals surface area contributed by atoms with Crippen molar-refractivity contribution in [2.75, 3.05) is 0 Å². The lowest BCUT2D eigenvalue weighted by atomic mass is 9.94. The molecule has 14 heavy (non-hydrogen) atoms. The molecule has 0 amide bonds. The highest BCUT2D eigenvalue weighted by atomic mass is 32.1. The quantitative estimate of drug-likeness (QED) is 0.546. The van der Waals surface area contributed by atoms with Crippen molar-refractivity contribution in [3.63, 3.8) is 0 Å². The zero-order valence-corrected chi connectivity index (χ0v) is 9.71. The van der Waals surface area contributed by atoms with Gasteiger partial charge in [0.1, 0.15) is 0 Å². The first-order chi connectivity index (χ1) is 6.65. The van der Waals surface area contributed by atoms with Crippen LogP contribution in [0.1, 0.15) is 39.5 Å².